The second-order valence-electron chi connectivity index (χ2n) is 3.63. The Hall–Kier alpha value is -1.75. The smallest absolute Gasteiger partial charge is 0.232 e. The maximum atomic E-state index is 12.9. The van der Waals surface area contributed by atoms with Gasteiger partial charge < -0.3 is 10.2 Å². The van der Waals surface area contributed by atoms with Gasteiger partial charge in [-0.15, -0.1) is 10.2 Å². The second-order valence-corrected chi connectivity index (χ2v) is 3.63. The summed E-state index contributed by atoms with van der Waals surface area (Å²) in [5.41, 5.74) is 6.38. The van der Waals surface area contributed by atoms with Crippen LogP contribution in [0.1, 0.15) is 30.3 Å². The molecule has 1 unspecified atom stereocenters. The van der Waals surface area contributed by atoms with Crippen LogP contribution in [-0.4, -0.2) is 10.2 Å². The third-order valence-corrected chi connectivity index (χ3v) is 2.12. The molecule has 0 saturated carbocycles. The zero-order valence-electron chi connectivity index (χ0n) is 8.85. The molecule has 0 bridgehead atoms. The van der Waals surface area contributed by atoms with Crippen LogP contribution in [0.5, 0.6) is 0 Å². The predicted octanol–water partition coefficient (Wildman–Crippen LogP) is 1.82. The van der Waals surface area contributed by atoms with Gasteiger partial charge in [-0.3, -0.25) is 0 Å². The fraction of sp³-hybridized carbons (Fsp3) is 0.273. The zero-order valence-corrected chi connectivity index (χ0v) is 8.85. The van der Waals surface area contributed by atoms with Crippen LogP contribution in [0.3, 0.4) is 0 Å². The molecule has 0 amide bonds. The number of nitrogens with zero attached hydrogens (tertiary/aromatic N) is 2. The SMILES string of the molecule is CC(N)c1nnc(Cc2cccc(F)c2)o1. The van der Waals surface area contributed by atoms with Crippen LogP contribution in [-0.2, 0) is 6.42 Å². The van der Waals surface area contributed by atoms with E-state index in [4.69, 9.17) is 10.2 Å². The lowest BCUT2D eigenvalue weighted by Crippen LogP contribution is -2.04. The fourth-order valence-corrected chi connectivity index (χ4v) is 1.34. The normalized spacial score (nSPS) is 12.7. The minimum Gasteiger partial charge on any atom is -0.423 e. The van der Waals surface area contributed by atoms with Gasteiger partial charge in [-0.2, -0.15) is 0 Å². The molecule has 0 radical (unpaired) electrons. The summed E-state index contributed by atoms with van der Waals surface area (Å²) in [5, 5.41) is 7.64. The van der Waals surface area contributed by atoms with E-state index in [1.165, 1.54) is 12.1 Å². The van der Waals surface area contributed by atoms with Gasteiger partial charge in [0.2, 0.25) is 11.8 Å². The molecule has 5 heteroatoms. The van der Waals surface area contributed by atoms with Crippen molar-refractivity contribution in [3.05, 3.63) is 47.4 Å². The predicted molar refractivity (Wildman–Crippen MR) is 56.1 cm³/mol. The van der Waals surface area contributed by atoms with Gasteiger partial charge in [-0.05, 0) is 24.6 Å². The van der Waals surface area contributed by atoms with E-state index in [2.05, 4.69) is 10.2 Å². The molecule has 1 heterocycles. The molecule has 1 aromatic carbocycles. The van der Waals surface area contributed by atoms with Gasteiger partial charge >= 0.3 is 0 Å². The Bertz CT molecular complexity index is 482. The van der Waals surface area contributed by atoms with Crippen LogP contribution in [0, 0.1) is 5.82 Å². The number of hydrogen-bond acceptors (Lipinski definition) is 4. The van der Waals surface area contributed by atoms with Gasteiger partial charge in [-0.1, -0.05) is 12.1 Å². The molecule has 84 valence electrons. The van der Waals surface area contributed by atoms with Gasteiger partial charge in [0.1, 0.15) is 5.82 Å². The summed E-state index contributed by atoms with van der Waals surface area (Å²) in [4.78, 5) is 0. The molecule has 0 fully saturated rings. The molecule has 2 aromatic rings. The topological polar surface area (TPSA) is 64.9 Å². The minimum atomic E-state index is -0.284. The average molecular weight is 221 g/mol. The van der Waals surface area contributed by atoms with Gasteiger partial charge in [0.05, 0.1) is 12.5 Å². The van der Waals surface area contributed by atoms with Gasteiger partial charge in [0, 0.05) is 0 Å². The van der Waals surface area contributed by atoms with E-state index in [0.717, 1.165) is 5.56 Å². The third-order valence-electron chi connectivity index (χ3n) is 2.12. The first kappa shape index (κ1) is 10.8. The van der Waals surface area contributed by atoms with Crippen LogP contribution >= 0.6 is 0 Å². The molecule has 1 aromatic heterocycles. The van der Waals surface area contributed by atoms with E-state index in [9.17, 15) is 4.39 Å². The van der Waals surface area contributed by atoms with E-state index in [1.807, 2.05) is 0 Å². The Morgan fingerprint density at radius 3 is 2.88 bits per heavy atom. The lowest BCUT2D eigenvalue weighted by Gasteiger charge is -1.97. The van der Waals surface area contributed by atoms with E-state index < -0.39 is 0 Å². The first-order valence-corrected chi connectivity index (χ1v) is 4.97. The maximum absolute atomic E-state index is 12.9. The first-order valence-electron chi connectivity index (χ1n) is 4.97. The van der Waals surface area contributed by atoms with Crippen molar-refractivity contribution >= 4 is 0 Å². The highest BCUT2D eigenvalue weighted by Gasteiger charge is 2.10. The quantitative estimate of drug-likeness (QED) is 0.858. The molecule has 0 aliphatic heterocycles. The van der Waals surface area contributed by atoms with Gasteiger partial charge in [0.25, 0.3) is 0 Å². The lowest BCUT2D eigenvalue weighted by atomic mass is 10.1. The molecule has 1 atom stereocenters. The number of nitrogens with two attached hydrogens (primary N) is 1. The van der Waals surface area contributed by atoms with Crippen molar-refractivity contribution in [2.24, 2.45) is 5.73 Å². The summed E-state index contributed by atoms with van der Waals surface area (Å²) in [6.45, 7) is 1.76. The molecule has 4 nitrogen and oxygen atoms in total. The Morgan fingerprint density at radius 2 is 2.25 bits per heavy atom. The number of benzene rings is 1. The van der Waals surface area contributed by atoms with Crippen LogP contribution in [0.25, 0.3) is 0 Å². The monoisotopic (exact) mass is 221 g/mol. The first-order chi connectivity index (χ1) is 7.65. The number of halogens is 1. The van der Waals surface area contributed by atoms with Gasteiger partial charge in [0.15, 0.2) is 0 Å². The van der Waals surface area contributed by atoms with Crippen molar-refractivity contribution in [3.8, 4) is 0 Å². The summed E-state index contributed by atoms with van der Waals surface area (Å²) in [6.07, 6.45) is 0.414. The van der Waals surface area contributed by atoms with Crippen molar-refractivity contribution < 1.29 is 8.81 Å². The fourth-order valence-electron chi connectivity index (χ4n) is 1.34. The van der Waals surface area contributed by atoms with Crippen molar-refractivity contribution in [2.45, 2.75) is 19.4 Å². The van der Waals surface area contributed by atoms with Crippen molar-refractivity contribution in [1.82, 2.24) is 10.2 Å². The summed E-state index contributed by atoms with van der Waals surface area (Å²) in [6, 6.07) is 6.00. The van der Waals surface area contributed by atoms with Gasteiger partial charge in [-0.25, -0.2) is 4.39 Å². The summed E-state index contributed by atoms with van der Waals surface area (Å²) in [7, 11) is 0. The molecule has 2 rings (SSSR count). The van der Waals surface area contributed by atoms with E-state index in [0.29, 0.717) is 18.2 Å². The largest absolute Gasteiger partial charge is 0.423 e. The summed E-state index contributed by atoms with van der Waals surface area (Å²) < 4.78 is 18.2. The van der Waals surface area contributed by atoms with Crippen molar-refractivity contribution in [1.29, 1.82) is 0 Å². The Labute approximate surface area is 92.3 Å². The third kappa shape index (κ3) is 2.43. The number of rotatable bonds is 3. The maximum Gasteiger partial charge on any atom is 0.232 e. The molecule has 0 aliphatic carbocycles. The van der Waals surface area contributed by atoms with Crippen molar-refractivity contribution in [2.75, 3.05) is 0 Å². The summed E-state index contributed by atoms with van der Waals surface area (Å²) >= 11 is 0. The number of hydrogen-bond donors (Lipinski definition) is 1. The number of aromatic nitrogens is 2. The molecule has 0 aliphatic rings. The standard InChI is InChI=1S/C11H12FN3O/c1-7(13)11-15-14-10(16-11)6-8-3-2-4-9(12)5-8/h2-5,7H,6,13H2,1H3. The van der Waals surface area contributed by atoms with E-state index >= 15 is 0 Å². The minimum absolute atomic E-state index is 0.274. The van der Waals surface area contributed by atoms with Crippen LogP contribution in [0.2, 0.25) is 0 Å². The molecular weight excluding hydrogens is 209 g/mol. The van der Waals surface area contributed by atoms with Crippen LogP contribution < -0.4 is 5.73 Å². The zero-order chi connectivity index (χ0) is 11.5. The highest BCUT2D eigenvalue weighted by Crippen LogP contribution is 2.12. The average Bonchev–Trinajstić information content (AvgIpc) is 2.66. The van der Waals surface area contributed by atoms with Crippen LogP contribution in [0.15, 0.2) is 28.7 Å². The van der Waals surface area contributed by atoms with Crippen molar-refractivity contribution in [3.63, 3.8) is 0 Å². The molecule has 0 spiro atoms. The Balaban J connectivity index is 2.14. The Kier molecular flexibility index (Phi) is 2.96. The lowest BCUT2D eigenvalue weighted by molar-refractivity contribution is 0.433. The summed E-state index contributed by atoms with van der Waals surface area (Å²) in [5.74, 6) is 0.564. The van der Waals surface area contributed by atoms with Crippen LogP contribution in [0.4, 0.5) is 4.39 Å². The van der Waals surface area contributed by atoms with E-state index in [1.54, 1.807) is 19.1 Å². The highest BCUT2D eigenvalue weighted by molar-refractivity contribution is 5.19. The Morgan fingerprint density at radius 1 is 1.44 bits per heavy atom. The second kappa shape index (κ2) is 4.40. The van der Waals surface area contributed by atoms with E-state index in [-0.39, 0.29) is 11.9 Å². The molecule has 16 heavy (non-hydrogen) atoms. The molecule has 0 saturated heterocycles. The highest BCUT2D eigenvalue weighted by atomic mass is 19.1. The molecular formula is C11H12FN3O. The molecule has 2 N–H and O–H groups in total.